The topological polar surface area (TPSA) is 60.0 Å². The van der Waals surface area contributed by atoms with Crippen LogP contribution in [0.15, 0.2) is 81.8 Å². The number of amidine groups is 1. The number of rotatable bonds is 5. The normalized spacial score (nSPS) is 26.0. The van der Waals surface area contributed by atoms with Gasteiger partial charge >= 0.3 is 0 Å². The Morgan fingerprint density at radius 3 is 2.82 bits per heavy atom. The number of nitrogens with zero attached hydrogens (tertiary/aromatic N) is 3. The molecule has 0 bridgehead atoms. The third kappa shape index (κ3) is 2.97. The van der Waals surface area contributed by atoms with E-state index >= 15 is 0 Å². The van der Waals surface area contributed by atoms with E-state index in [-0.39, 0.29) is 4.59 Å². The Hall–Kier alpha value is -2.76. The predicted molar refractivity (Wildman–Crippen MR) is 111 cm³/mol. The summed E-state index contributed by atoms with van der Waals surface area (Å²) in [4.78, 5) is 9.19. The van der Waals surface area contributed by atoms with Gasteiger partial charge in [-0.3, -0.25) is 4.99 Å². The van der Waals surface area contributed by atoms with Crippen LogP contribution in [0.1, 0.15) is 37.7 Å². The van der Waals surface area contributed by atoms with Crippen molar-refractivity contribution < 1.29 is 9.33 Å². The van der Waals surface area contributed by atoms with Gasteiger partial charge in [-0.1, -0.05) is 43.6 Å². The zero-order valence-electron chi connectivity index (χ0n) is 15.9. The Morgan fingerprint density at radius 1 is 1.18 bits per heavy atom. The van der Waals surface area contributed by atoms with Gasteiger partial charge in [0.15, 0.2) is 0 Å². The summed E-state index contributed by atoms with van der Waals surface area (Å²) >= 11 is 0. The maximum atomic E-state index is 6.77. The molecule has 0 radical (unpaired) electrons. The lowest BCUT2D eigenvalue weighted by molar-refractivity contribution is -0.750. The molecular weight excluding hydrogens is 348 g/mol. The minimum Gasteiger partial charge on any atom is -0.493 e. The zero-order valence-corrected chi connectivity index (χ0v) is 15.9. The SMILES string of the molecule is N[N+]12C=CN=CC1=C(C1=CC=C1)N=C2c1cccc(OCC2CCCCC2)c1. The van der Waals surface area contributed by atoms with Crippen LogP contribution in [-0.4, -0.2) is 23.2 Å². The number of aliphatic imine (C=N–C) groups is 2. The third-order valence-corrected chi connectivity index (χ3v) is 5.92. The second-order valence-corrected chi connectivity index (χ2v) is 7.85. The minimum absolute atomic E-state index is 0.0378. The molecule has 28 heavy (non-hydrogen) atoms. The molecule has 1 atom stereocenters. The van der Waals surface area contributed by atoms with Gasteiger partial charge in [0.25, 0.3) is 5.84 Å². The molecule has 1 aromatic carbocycles. The lowest BCUT2D eigenvalue weighted by Crippen LogP contribution is -2.53. The number of hydrogen-bond acceptors (Lipinski definition) is 4. The van der Waals surface area contributed by atoms with Gasteiger partial charge in [0, 0.05) is 5.57 Å². The number of fused-ring (bicyclic) bond motifs is 1. The highest BCUT2D eigenvalue weighted by atomic mass is 16.5. The molecule has 2 N–H and O–H groups in total. The van der Waals surface area contributed by atoms with Crippen molar-refractivity contribution >= 4 is 12.1 Å². The molecule has 0 amide bonds. The average molecular weight is 373 g/mol. The number of nitrogens with two attached hydrogens (primary N) is 1. The summed E-state index contributed by atoms with van der Waals surface area (Å²) in [5.41, 5.74) is 3.84. The summed E-state index contributed by atoms with van der Waals surface area (Å²) in [5.74, 6) is 9.11. The van der Waals surface area contributed by atoms with Crippen LogP contribution in [0.3, 0.4) is 0 Å². The average Bonchev–Trinajstić information content (AvgIpc) is 2.99. The van der Waals surface area contributed by atoms with Crippen molar-refractivity contribution in [2.24, 2.45) is 21.7 Å². The maximum absolute atomic E-state index is 6.77. The molecule has 2 aliphatic heterocycles. The molecule has 5 heteroatoms. The molecule has 1 aromatic rings. The van der Waals surface area contributed by atoms with Gasteiger partial charge in [-0.15, -0.1) is 4.59 Å². The van der Waals surface area contributed by atoms with E-state index in [1.54, 1.807) is 6.20 Å². The lowest BCUT2D eigenvalue weighted by Gasteiger charge is -2.26. The highest BCUT2D eigenvalue weighted by Gasteiger charge is 2.44. The summed E-state index contributed by atoms with van der Waals surface area (Å²) in [5, 5.41) is 0. The van der Waals surface area contributed by atoms with Crippen LogP contribution in [0.4, 0.5) is 0 Å². The number of hydrogen-bond donors (Lipinski definition) is 1. The largest absolute Gasteiger partial charge is 0.493 e. The van der Waals surface area contributed by atoms with Gasteiger partial charge < -0.3 is 4.74 Å². The van der Waals surface area contributed by atoms with Crippen LogP contribution in [0.5, 0.6) is 5.75 Å². The van der Waals surface area contributed by atoms with E-state index < -0.39 is 0 Å². The van der Waals surface area contributed by atoms with Gasteiger partial charge in [-0.05, 0) is 37.0 Å². The molecule has 2 aliphatic carbocycles. The van der Waals surface area contributed by atoms with Crippen molar-refractivity contribution in [3.8, 4) is 5.75 Å². The van der Waals surface area contributed by atoms with Crippen LogP contribution in [0.2, 0.25) is 0 Å². The number of ether oxygens (including phenoxy) is 1. The molecule has 5 nitrogen and oxygen atoms in total. The minimum atomic E-state index is 0.0378. The molecule has 4 aliphatic rings. The van der Waals surface area contributed by atoms with Crippen molar-refractivity contribution in [2.75, 3.05) is 6.61 Å². The first kappa shape index (κ1) is 17.3. The summed E-state index contributed by atoms with van der Waals surface area (Å²) in [6.07, 6.45) is 18.1. The summed E-state index contributed by atoms with van der Waals surface area (Å²) in [7, 11) is 0. The smallest absolute Gasteiger partial charge is 0.265 e. The molecule has 1 unspecified atom stereocenters. The first-order valence-corrected chi connectivity index (χ1v) is 10.1. The predicted octanol–water partition coefficient (Wildman–Crippen LogP) is 4.36. The van der Waals surface area contributed by atoms with E-state index in [0.717, 1.165) is 40.7 Å². The summed E-state index contributed by atoms with van der Waals surface area (Å²) < 4.78 is 6.18. The summed E-state index contributed by atoms with van der Waals surface area (Å²) in [6, 6.07) is 8.13. The molecule has 1 fully saturated rings. The van der Waals surface area contributed by atoms with E-state index in [1.165, 1.54) is 32.1 Å². The van der Waals surface area contributed by atoms with Gasteiger partial charge in [0.1, 0.15) is 17.6 Å². The molecule has 0 spiro atoms. The fraction of sp³-hybridized carbons (Fsp3) is 0.304. The van der Waals surface area contributed by atoms with Crippen LogP contribution in [0, 0.1) is 5.92 Å². The molecule has 142 valence electrons. The Balaban J connectivity index is 1.41. The van der Waals surface area contributed by atoms with Crippen LogP contribution in [-0.2, 0) is 0 Å². The van der Waals surface area contributed by atoms with Gasteiger partial charge in [0.2, 0.25) is 5.70 Å². The summed E-state index contributed by atoms with van der Waals surface area (Å²) in [6.45, 7) is 0.789. The van der Waals surface area contributed by atoms with E-state index in [2.05, 4.69) is 23.2 Å². The van der Waals surface area contributed by atoms with Crippen LogP contribution < -0.4 is 10.6 Å². The monoisotopic (exact) mass is 373 g/mol. The maximum Gasteiger partial charge on any atom is 0.265 e. The van der Waals surface area contributed by atoms with Gasteiger partial charge in [-0.25, -0.2) is 0 Å². The van der Waals surface area contributed by atoms with E-state index in [0.29, 0.717) is 5.92 Å². The Bertz CT molecular complexity index is 976. The van der Waals surface area contributed by atoms with E-state index in [4.69, 9.17) is 15.6 Å². The number of quaternary nitrogens is 1. The van der Waals surface area contributed by atoms with Crippen molar-refractivity contribution in [1.29, 1.82) is 0 Å². The van der Waals surface area contributed by atoms with E-state index in [1.807, 2.05) is 36.7 Å². The van der Waals surface area contributed by atoms with Crippen molar-refractivity contribution in [1.82, 2.24) is 0 Å². The third-order valence-electron chi connectivity index (χ3n) is 5.92. The molecule has 2 heterocycles. The fourth-order valence-electron chi connectivity index (χ4n) is 4.23. The molecule has 1 saturated carbocycles. The Kier molecular flexibility index (Phi) is 4.34. The zero-order chi connectivity index (χ0) is 19.0. The lowest BCUT2D eigenvalue weighted by atomic mass is 9.90. The number of benzene rings is 1. The first-order chi connectivity index (χ1) is 13.7. The van der Waals surface area contributed by atoms with Gasteiger partial charge in [-0.2, -0.15) is 10.8 Å². The second kappa shape index (κ2) is 7.00. The first-order valence-electron chi connectivity index (χ1n) is 10.1. The second-order valence-electron chi connectivity index (χ2n) is 7.85. The van der Waals surface area contributed by atoms with Crippen molar-refractivity contribution in [2.45, 2.75) is 32.1 Å². The highest BCUT2D eigenvalue weighted by Crippen LogP contribution is 2.36. The van der Waals surface area contributed by atoms with E-state index in [9.17, 15) is 0 Å². The molecular formula is C23H25N4O+. The van der Waals surface area contributed by atoms with Crippen LogP contribution in [0.25, 0.3) is 0 Å². The molecule has 0 saturated heterocycles. The standard InChI is InChI=1S/C23H25N4O/c24-27-13-12-25-15-21(27)22(18-8-4-9-18)26-23(27)19-10-5-11-20(14-19)28-16-17-6-2-1-3-7-17/h4-5,8-15,17H,1-3,6-7,16,24H2/q+1. The Morgan fingerprint density at radius 2 is 2.04 bits per heavy atom. The van der Waals surface area contributed by atoms with Gasteiger partial charge in [0.05, 0.1) is 24.6 Å². The number of allylic oxidation sites excluding steroid dienone is 4. The van der Waals surface area contributed by atoms with Crippen molar-refractivity contribution in [3.05, 3.63) is 77.4 Å². The van der Waals surface area contributed by atoms with Crippen molar-refractivity contribution in [3.63, 3.8) is 0 Å². The molecule has 0 aromatic heterocycles. The fourth-order valence-corrected chi connectivity index (χ4v) is 4.23. The highest BCUT2D eigenvalue weighted by molar-refractivity contribution is 6.01. The van der Waals surface area contributed by atoms with Crippen LogP contribution >= 0.6 is 0 Å². The Labute approximate surface area is 165 Å². The molecule has 5 rings (SSSR count). The quantitative estimate of drug-likeness (QED) is 0.616.